The zero-order valence-electron chi connectivity index (χ0n) is 38.0. The van der Waals surface area contributed by atoms with Crippen molar-refractivity contribution in [1.82, 2.24) is 19.1 Å². The fourth-order valence-electron chi connectivity index (χ4n) is 10.8. The Labute approximate surface area is 404 Å². The lowest BCUT2D eigenvalue weighted by molar-refractivity contribution is 1.16. The van der Waals surface area contributed by atoms with Gasteiger partial charge in [0.1, 0.15) is 0 Å². The molecule has 4 heteroatoms. The first-order chi connectivity index (χ1) is 34.7. The molecule has 0 bridgehead atoms. The zero-order chi connectivity index (χ0) is 46.1. The van der Waals surface area contributed by atoms with Crippen molar-refractivity contribution in [3.63, 3.8) is 0 Å². The molecule has 14 aromatic rings. The quantitative estimate of drug-likeness (QED) is 0.160. The van der Waals surface area contributed by atoms with Crippen LogP contribution in [0.5, 0.6) is 0 Å². The third-order valence-electron chi connectivity index (χ3n) is 14.1. The van der Waals surface area contributed by atoms with Crippen LogP contribution in [0.1, 0.15) is 0 Å². The van der Waals surface area contributed by atoms with Crippen LogP contribution in [-0.2, 0) is 0 Å². The molecule has 0 radical (unpaired) electrons. The summed E-state index contributed by atoms with van der Waals surface area (Å²) < 4.78 is 4.90. The summed E-state index contributed by atoms with van der Waals surface area (Å²) in [6.07, 6.45) is 0. The number of fused-ring (bicyclic) bond motifs is 9. The highest BCUT2D eigenvalue weighted by Crippen LogP contribution is 2.45. The van der Waals surface area contributed by atoms with Crippen LogP contribution in [-0.4, -0.2) is 19.1 Å². The molecular formula is C66H42N4. The van der Waals surface area contributed by atoms with Gasteiger partial charge in [-0.1, -0.05) is 200 Å². The van der Waals surface area contributed by atoms with Gasteiger partial charge in [-0.05, 0) is 98.8 Å². The van der Waals surface area contributed by atoms with Crippen LogP contribution in [0.15, 0.2) is 255 Å². The molecular weight excluding hydrogens is 849 g/mol. The van der Waals surface area contributed by atoms with Crippen LogP contribution in [0.3, 0.4) is 0 Å². The van der Waals surface area contributed by atoms with Gasteiger partial charge in [-0.25, -0.2) is 9.97 Å². The summed E-state index contributed by atoms with van der Waals surface area (Å²) in [6.45, 7) is 0. The Morgan fingerprint density at radius 2 is 0.771 bits per heavy atom. The third-order valence-corrected chi connectivity index (χ3v) is 14.1. The van der Waals surface area contributed by atoms with Gasteiger partial charge in [0.2, 0.25) is 0 Å². The minimum Gasteiger partial charge on any atom is -0.309 e. The molecule has 0 aliphatic heterocycles. The van der Waals surface area contributed by atoms with Gasteiger partial charge in [0.15, 0.2) is 5.82 Å². The number of hydrogen-bond donors (Lipinski definition) is 0. The van der Waals surface area contributed by atoms with Crippen LogP contribution < -0.4 is 0 Å². The minimum absolute atomic E-state index is 0.693. The van der Waals surface area contributed by atoms with Gasteiger partial charge in [-0.2, -0.15) is 0 Å². The summed E-state index contributed by atoms with van der Waals surface area (Å²) in [5, 5.41) is 8.35. The van der Waals surface area contributed by atoms with Crippen LogP contribution >= 0.6 is 0 Å². The normalized spacial score (nSPS) is 11.7. The summed E-state index contributed by atoms with van der Waals surface area (Å²) in [5.41, 5.74) is 17.6. The molecule has 0 amide bonds. The summed E-state index contributed by atoms with van der Waals surface area (Å²) in [4.78, 5) is 10.7. The van der Waals surface area contributed by atoms with E-state index >= 15 is 0 Å². The second-order valence-electron chi connectivity index (χ2n) is 18.1. The lowest BCUT2D eigenvalue weighted by atomic mass is 9.94. The number of para-hydroxylation sites is 2. The summed E-state index contributed by atoms with van der Waals surface area (Å²) in [7, 11) is 0. The van der Waals surface area contributed by atoms with E-state index in [1.165, 1.54) is 60.1 Å². The Morgan fingerprint density at radius 3 is 1.44 bits per heavy atom. The second kappa shape index (κ2) is 16.2. The number of aromatic nitrogens is 4. The summed E-state index contributed by atoms with van der Waals surface area (Å²) >= 11 is 0. The van der Waals surface area contributed by atoms with E-state index in [4.69, 9.17) is 9.97 Å². The lowest BCUT2D eigenvalue weighted by Crippen LogP contribution is -1.99. The Balaban J connectivity index is 1.01. The average Bonchev–Trinajstić information content (AvgIpc) is 3.94. The van der Waals surface area contributed by atoms with E-state index in [1.54, 1.807) is 0 Å². The van der Waals surface area contributed by atoms with Crippen LogP contribution in [0.4, 0.5) is 0 Å². The van der Waals surface area contributed by atoms with Gasteiger partial charge in [-0.15, -0.1) is 0 Å². The second-order valence-corrected chi connectivity index (χ2v) is 18.1. The first-order valence-electron chi connectivity index (χ1n) is 23.9. The molecule has 0 unspecified atom stereocenters. The Bertz CT molecular complexity index is 4290. The molecule has 0 saturated heterocycles. The van der Waals surface area contributed by atoms with Crippen molar-refractivity contribution in [1.29, 1.82) is 0 Å². The van der Waals surface area contributed by atoms with E-state index in [1.807, 2.05) is 0 Å². The molecule has 0 spiro atoms. The van der Waals surface area contributed by atoms with Crippen LogP contribution in [0.25, 0.3) is 133 Å². The van der Waals surface area contributed by atoms with E-state index < -0.39 is 0 Å². The van der Waals surface area contributed by atoms with Crippen molar-refractivity contribution in [2.75, 3.05) is 0 Å². The molecule has 0 aliphatic rings. The molecule has 0 aliphatic carbocycles. The Kier molecular flexibility index (Phi) is 9.17. The molecule has 70 heavy (non-hydrogen) atoms. The first-order valence-corrected chi connectivity index (χ1v) is 23.9. The first kappa shape index (κ1) is 39.8. The van der Waals surface area contributed by atoms with Crippen LogP contribution in [0.2, 0.25) is 0 Å². The maximum Gasteiger partial charge on any atom is 0.160 e. The van der Waals surface area contributed by atoms with Crippen molar-refractivity contribution in [3.8, 4) is 67.4 Å². The van der Waals surface area contributed by atoms with Crippen molar-refractivity contribution in [2.24, 2.45) is 0 Å². The maximum atomic E-state index is 5.43. The lowest BCUT2D eigenvalue weighted by Gasteiger charge is -2.14. The van der Waals surface area contributed by atoms with Crippen molar-refractivity contribution < 1.29 is 0 Å². The fraction of sp³-hybridized carbons (Fsp3) is 0. The fourth-order valence-corrected chi connectivity index (χ4v) is 10.8. The smallest absolute Gasteiger partial charge is 0.160 e. The molecule has 0 atom stereocenters. The maximum absolute atomic E-state index is 5.43. The largest absolute Gasteiger partial charge is 0.309 e. The Morgan fingerprint density at radius 1 is 0.257 bits per heavy atom. The predicted octanol–water partition coefficient (Wildman–Crippen LogP) is 17.3. The Hall–Kier alpha value is -9.38. The summed E-state index contributed by atoms with van der Waals surface area (Å²) in [5.74, 6) is 0.693. The standard InChI is InChI=1S/C66H42N4/c1-5-17-43(18-6-1)45-29-33-48(34-30-45)65-57-39-51(37-38-59(57)67-66(68-65)49-35-31-46(32-36-49)44-19-7-2-8-20-44)70-60-28-16-15-26-53(60)56-40-58-62(42-61(56)70)69(50-23-11-4-12-24-50)63-41-55(47-21-9-3-10-22-47)52-25-13-14-27-54(52)64(58)63/h1-42H. The van der Waals surface area contributed by atoms with Gasteiger partial charge in [0.25, 0.3) is 0 Å². The third kappa shape index (κ3) is 6.46. The van der Waals surface area contributed by atoms with Crippen molar-refractivity contribution in [3.05, 3.63) is 255 Å². The molecule has 3 heterocycles. The van der Waals surface area contributed by atoms with Crippen molar-refractivity contribution in [2.45, 2.75) is 0 Å². The molecule has 11 aromatic carbocycles. The molecule has 0 fully saturated rings. The average molecular weight is 891 g/mol. The highest BCUT2D eigenvalue weighted by Gasteiger charge is 2.22. The van der Waals surface area contributed by atoms with E-state index in [0.717, 1.165) is 66.8 Å². The topological polar surface area (TPSA) is 35.6 Å². The van der Waals surface area contributed by atoms with E-state index in [-0.39, 0.29) is 0 Å². The van der Waals surface area contributed by atoms with Gasteiger partial charge in [-0.3, -0.25) is 0 Å². The summed E-state index contributed by atoms with van der Waals surface area (Å²) in [6, 6.07) is 91.7. The number of benzene rings is 11. The molecule has 4 nitrogen and oxygen atoms in total. The highest BCUT2D eigenvalue weighted by atomic mass is 15.0. The number of nitrogens with zero attached hydrogens (tertiary/aromatic N) is 4. The van der Waals surface area contributed by atoms with E-state index in [9.17, 15) is 0 Å². The SMILES string of the molecule is c1ccc(-c2ccc(-c3nc(-c4ccc(-c5ccccc5)cc4)c4cc(-n5c6ccccc6c6cc7c8c9ccccc9c(-c9ccccc9)cc8n(-c8ccccc8)c7cc65)ccc4n3)cc2)cc1. The number of hydrogen-bond acceptors (Lipinski definition) is 2. The van der Waals surface area contributed by atoms with Gasteiger partial charge < -0.3 is 9.13 Å². The highest BCUT2D eigenvalue weighted by molar-refractivity contribution is 6.27. The monoisotopic (exact) mass is 890 g/mol. The molecule has 3 aromatic heterocycles. The molecule has 326 valence electrons. The predicted molar refractivity (Wildman–Crippen MR) is 293 cm³/mol. The molecule has 0 saturated carbocycles. The van der Waals surface area contributed by atoms with Gasteiger partial charge in [0, 0.05) is 49.4 Å². The molecule has 0 N–H and O–H groups in total. The van der Waals surface area contributed by atoms with E-state index in [2.05, 4.69) is 264 Å². The zero-order valence-corrected chi connectivity index (χ0v) is 38.0. The van der Waals surface area contributed by atoms with E-state index in [0.29, 0.717) is 5.82 Å². The number of rotatable bonds is 7. The van der Waals surface area contributed by atoms with Crippen molar-refractivity contribution >= 4 is 65.3 Å². The van der Waals surface area contributed by atoms with Gasteiger partial charge >= 0.3 is 0 Å². The molecule has 14 rings (SSSR count). The van der Waals surface area contributed by atoms with Gasteiger partial charge in [0.05, 0.1) is 33.3 Å². The minimum atomic E-state index is 0.693. The van der Waals surface area contributed by atoms with Crippen LogP contribution in [0, 0.1) is 0 Å².